The van der Waals surface area contributed by atoms with Gasteiger partial charge in [-0.2, -0.15) is 0 Å². The van der Waals surface area contributed by atoms with E-state index in [0.29, 0.717) is 16.2 Å². The van der Waals surface area contributed by atoms with Gasteiger partial charge in [0.1, 0.15) is 28.3 Å². The number of nitrogens with zero attached hydrogens (tertiary/aromatic N) is 2. The minimum Gasteiger partial charge on any atom is -0.451 e. The minimum atomic E-state index is -0.362. The third-order valence-electron chi connectivity index (χ3n) is 3.63. The van der Waals surface area contributed by atoms with Gasteiger partial charge >= 0.3 is 0 Å². The van der Waals surface area contributed by atoms with Gasteiger partial charge in [0.05, 0.1) is 5.75 Å². The minimum absolute atomic E-state index is 0.0946. The van der Waals surface area contributed by atoms with E-state index in [0.717, 1.165) is 16.5 Å². The summed E-state index contributed by atoms with van der Waals surface area (Å²) in [7, 11) is 0. The largest absolute Gasteiger partial charge is 0.451 e. The molecule has 4 rings (SSSR count). The lowest BCUT2D eigenvalue weighted by Gasteiger charge is -2.01. The summed E-state index contributed by atoms with van der Waals surface area (Å²) in [5.41, 5.74) is 2.52. The molecular weight excluding hydrogens is 327 g/mol. The van der Waals surface area contributed by atoms with Gasteiger partial charge in [-0.25, -0.2) is 14.4 Å². The molecule has 2 heterocycles. The summed E-state index contributed by atoms with van der Waals surface area (Å²) in [6.07, 6.45) is 1.47. The van der Waals surface area contributed by atoms with E-state index in [4.69, 9.17) is 4.42 Å². The van der Waals surface area contributed by atoms with Crippen LogP contribution in [0.2, 0.25) is 0 Å². The molecule has 0 bridgehead atoms. The molecule has 0 aliphatic heterocycles. The number of furan rings is 1. The topological polar surface area (TPSA) is 56.0 Å². The van der Waals surface area contributed by atoms with Crippen LogP contribution in [0.5, 0.6) is 0 Å². The molecule has 0 spiro atoms. The summed E-state index contributed by atoms with van der Waals surface area (Å²) >= 11 is 1.28. The summed E-state index contributed by atoms with van der Waals surface area (Å²) in [6, 6.07) is 13.1. The molecule has 0 N–H and O–H groups in total. The fourth-order valence-corrected chi connectivity index (χ4v) is 3.28. The van der Waals surface area contributed by atoms with E-state index in [-0.39, 0.29) is 17.4 Å². The number of halogens is 1. The molecule has 0 saturated heterocycles. The number of hydrogen-bond donors (Lipinski definition) is 0. The molecule has 0 unspecified atom stereocenters. The number of hydrogen-bond acceptors (Lipinski definition) is 5. The van der Waals surface area contributed by atoms with Crippen molar-refractivity contribution in [3.05, 3.63) is 66.2 Å². The predicted octanol–water partition coefficient (Wildman–Crippen LogP) is 4.49. The quantitative estimate of drug-likeness (QED) is 0.312. The van der Waals surface area contributed by atoms with Gasteiger partial charge in [-0.05, 0) is 36.4 Å². The average Bonchev–Trinajstić information content (AvgIpc) is 2.99. The highest BCUT2D eigenvalue weighted by atomic mass is 32.2. The van der Waals surface area contributed by atoms with Crippen LogP contribution < -0.4 is 0 Å². The van der Waals surface area contributed by atoms with Crippen LogP contribution in [0.25, 0.3) is 22.1 Å². The zero-order valence-corrected chi connectivity index (χ0v) is 13.2. The Balaban J connectivity index is 1.62. The van der Waals surface area contributed by atoms with E-state index >= 15 is 0 Å². The highest BCUT2D eigenvalue weighted by molar-refractivity contribution is 8.00. The number of thioether (sulfide) groups is 1. The van der Waals surface area contributed by atoms with Crippen LogP contribution in [0, 0.1) is 5.82 Å². The molecule has 4 aromatic rings. The van der Waals surface area contributed by atoms with Crippen LogP contribution in [0.15, 0.2) is 64.3 Å². The van der Waals surface area contributed by atoms with Gasteiger partial charge < -0.3 is 4.42 Å². The second kappa shape index (κ2) is 6.05. The molecule has 6 heteroatoms. The number of fused-ring (bicyclic) bond motifs is 3. The predicted molar refractivity (Wildman–Crippen MR) is 90.8 cm³/mol. The van der Waals surface area contributed by atoms with Gasteiger partial charge in [0, 0.05) is 10.9 Å². The Morgan fingerprint density at radius 2 is 1.88 bits per heavy atom. The molecule has 118 valence electrons. The van der Waals surface area contributed by atoms with Crippen molar-refractivity contribution in [3.8, 4) is 0 Å². The molecule has 4 nitrogen and oxygen atoms in total. The lowest BCUT2D eigenvalue weighted by molar-refractivity contribution is 0.102. The van der Waals surface area contributed by atoms with Crippen molar-refractivity contribution < 1.29 is 13.6 Å². The van der Waals surface area contributed by atoms with E-state index < -0.39 is 0 Å². The van der Waals surface area contributed by atoms with Crippen molar-refractivity contribution in [1.29, 1.82) is 0 Å². The van der Waals surface area contributed by atoms with Crippen LogP contribution in [-0.4, -0.2) is 21.5 Å². The molecule has 2 aromatic heterocycles. The molecular formula is C18H11FN2O2S. The molecule has 2 aromatic carbocycles. The number of carbonyl (C=O) groups excluding carboxylic acids is 1. The van der Waals surface area contributed by atoms with Crippen molar-refractivity contribution in [2.75, 3.05) is 5.75 Å². The summed E-state index contributed by atoms with van der Waals surface area (Å²) in [6.45, 7) is 0. The van der Waals surface area contributed by atoms with Crippen molar-refractivity contribution >= 4 is 39.6 Å². The summed E-state index contributed by atoms with van der Waals surface area (Å²) in [5, 5.41) is 1.54. The highest BCUT2D eigenvalue weighted by Gasteiger charge is 2.15. The lowest BCUT2D eigenvalue weighted by Crippen LogP contribution is -2.02. The Bertz CT molecular complexity index is 1040. The van der Waals surface area contributed by atoms with Crippen LogP contribution in [-0.2, 0) is 0 Å². The molecule has 0 saturated carbocycles. The van der Waals surface area contributed by atoms with E-state index in [1.54, 1.807) is 0 Å². The Morgan fingerprint density at radius 3 is 2.71 bits per heavy atom. The maximum absolute atomic E-state index is 12.9. The highest BCUT2D eigenvalue weighted by Crippen LogP contribution is 2.32. The number of aromatic nitrogens is 2. The molecule has 0 amide bonds. The van der Waals surface area contributed by atoms with Gasteiger partial charge in [-0.1, -0.05) is 23.9 Å². The Labute approximate surface area is 140 Å². The number of Topliss-reactive ketones (excluding diaryl/α,β-unsaturated/α-hetero) is 1. The summed E-state index contributed by atoms with van der Waals surface area (Å²) in [5.74, 6) is -0.267. The Kier molecular flexibility index (Phi) is 3.74. The van der Waals surface area contributed by atoms with Gasteiger partial charge in [0.15, 0.2) is 11.4 Å². The summed E-state index contributed by atoms with van der Waals surface area (Å²) < 4.78 is 18.8. The van der Waals surface area contributed by atoms with E-state index in [1.165, 1.54) is 42.4 Å². The zero-order valence-electron chi connectivity index (χ0n) is 12.4. The van der Waals surface area contributed by atoms with Crippen molar-refractivity contribution in [3.63, 3.8) is 0 Å². The molecule has 24 heavy (non-hydrogen) atoms. The van der Waals surface area contributed by atoms with Crippen molar-refractivity contribution in [2.45, 2.75) is 5.03 Å². The SMILES string of the molecule is O=C(CSc1ncnc2c1oc1ccccc12)c1ccc(F)cc1. The fourth-order valence-electron chi connectivity index (χ4n) is 2.46. The molecule has 0 atom stereocenters. The van der Waals surface area contributed by atoms with Gasteiger partial charge in [0.25, 0.3) is 0 Å². The number of para-hydroxylation sites is 1. The monoisotopic (exact) mass is 338 g/mol. The van der Waals surface area contributed by atoms with Crippen LogP contribution in [0.4, 0.5) is 4.39 Å². The Hall–Kier alpha value is -2.73. The van der Waals surface area contributed by atoms with Gasteiger partial charge in [0.2, 0.25) is 0 Å². The Morgan fingerprint density at radius 1 is 1.08 bits per heavy atom. The van der Waals surface area contributed by atoms with Crippen LogP contribution in [0.1, 0.15) is 10.4 Å². The standard InChI is InChI=1S/C18H11FN2O2S/c19-12-7-5-11(6-8-12)14(22)9-24-18-17-16(20-10-21-18)13-3-1-2-4-15(13)23-17/h1-8,10H,9H2. The first-order chi connectivity index (χ1) is 11.7. The van der Waals surface area contributed by atoms with Crippen LogP contribution in [0.3, 0.4) is 0 Å². The van der Waals surface area contributed by atoms with Crippen LogP contribution >= 0.6 is 11.8 Å². The first-order valence-electron chi connectivity index (χ1n) is 7.26. The smallest absolute Gasteiger partial charge is 0.186 e. The number of benzene rings is 2. The number of rotatable bonds is 4. The van der Waals surface area contributed by atoms with Gasteiger partial charge in [-0.15, -0.1) is 0 Å². The first kappa shape index (κ1) is 14.8. The third kappa shape index (κ3) is 2.65. The molecule has 0 aliphatic rings. The molecule has 0 radical (unpaired) electrons. The third-order valence-corrected chi connectivity index (χ3v) is 4.60. The second-order valence-electron chi connectivity index (χ2n) is 5.17. The fraction of sp³-hybridized carbons (Fsp3) is 0.0556. The van der Waals surface area contributed by atoms with E-state index in [1.807, 2.05) is 24.3 Å². The zero-order chi connectivity index (χ0) is 16.5. The average molecular weight is 338 g/mol. The van der Waals surface area contributed by atoms with E-state index in [2.05, 4.69) is 9.97 Å². The molecule has 0 aliphatic carbocycles. The van der Waals surface area contributed by atoms with Gasteiger partial charge in [-0.3, -0.25) is 4.79 Å². The van der Waals surface area contributed by atoms with Crippen molar-refractivity contribution in [2.24, 2.45) is 0 Å². The number of ketones is 1. The van der Waals surface area contributed by atoms with Crippen molar-refractivity contribution in [1.82, 2.24) is 9.97 Å². The maximum atomic E-state index is 12.9. The molecule has 0 fully saturated rings. The lowest BCUT2D eigenvalue weighted by atomic mass is 10.1. The maximum Gasteiger partial charge on any atom is 0.186 e. The first-order valence-corrected chi connectivity index (χ1v) is 8.25. The summed E-state index contributed by atoms with van der Waals surface area (Å²) in [4.78, 5) is 20.7. The second-order valence-corrected chi connectivity index (χ2v) is 6.14. The van der Waals surface area contributed by atoms with E-state index in [9.17, 15) is 9.18 Å². The normalized spacial score (nSPS) is 11.2. The number of carbonyl (C=O) groups is 1.